The van der Waals surface area contributed by atoms with Gasteiger partial charge in [0.15, 0.2) is 0 Å². The molecule has 0 spiro atoms. The maximum Gasteiger partial charge on any atom is 0.237 e. The first kappa shape index (κ1) is 12.5. The van der Waals surface area contributed by atoms with E-state index in [0.717, 1.165) is 19.4 Å². The fourth-order valence-electron chi connectivity index (χ4n) is 2.10. The van der Waals surface area contributed by atoms with Crippen LogP contribution in [0.1, 0.15) is 40.5 Å². The van der Waals surface area contributed by atoms with Crippen molar-refractivity contribution in [2.24, 2.45) is 11.8 Å². The summed E-state index contributed by atoms with van der Waals surface area (Å²) in [6.45, 7) is 9.59. The molecule has 0 aromatic heterocycles. The smallest absolute Gasteiger partial charge is 0.237 e. The molecule has 0 aromatic rings. The fourth-order valence-corrected chi connectivity index (χ4v) is 2.10. The maximum atomic E-state index is 11.7. The third-order valence-electron chi connectivity index (χ3n) is 2.74. The Morgan fingerprint density at radius 3 is 2.27 bits per heavy atom. The van der Waals surface area contributed by atoms with Crippen LogP contribution < -0.4 is 10.6 Å². The van der Waals surface area contributed by atoms with Crippen LogP contribution in [-0.2, 0) is 4.79 Å². The Morgan fingerprint density at radius 1 is 1.20 bits per heavy atom. The van der Waals surface area contributed by atoms with Crippen LogP contribution in [0.4, 0.5) is 0 Å². The molecule has 0 bridgehead atoms. The molecule has 88 valence electrons. The molecule has 2 unspecified atom stereocenters. The first-order valence-corrected chi connectivity index (χ1v) is 6.02. The molecule has 1 heterocycles. The second kappa shape index (κ2) is 5.50. The molecule has 1 aliphatic heterocycles. The van der Waals surface area contributed by atoms with Crippen molar-refractivity contribution in [2.75, 3.05) is 6.54 Å². The number of amides is 1. The topological polar surface area (TPSA) is 41.1 Å². The van der Waals surface area contributed by atoms with Gasteiger partial charge in [0, 0.05) is 12.6 Å². The van der Waals surface area contributed by atoms with E-state index in [2.05, 4.69) is 38.3 Å². The van der Waals surface area contributed by atoms with Crippen LogP contribution in [0.2, 0.25) is 0 Å². The van der Waals surface area contributed by atoms with E-state index in [0.29, 0.717) is 17.9 Å². The Morgan fingerprint density at radius 2 is 1.80 bits per heavy atom. The van der Waals surface area contributed by atoms with Crippen LogP contribution in [-0.4, -0.2) is 24.5 Å². The molecule has 1 fully saturated rings. The van der Waals surface area contributed by atoms with Gasteiger partial charge in [-0.1, -0.05) is 27.7 Å². The molecule has 15 heavy (non-hydrogen) atoms. The van der Waals surface area contributed by atoms with Crippen molar-refractivity contribution in [3.8, 4) is 0 Å². The third kappa shape index (κ3) is 4.20. The van der Waals surface area contributed by atoms with Crippen molar-refractivity contribution in [1.82, 2.24) is 10.6 Å². The minimum Gasteiger partial charge on any atom is -0.351 e. The Hall–Kier alpha value is -0.570. The molecule has 0 aromatic carbocycles. The number of hydrogen-bond donors (Lipinski definition) is 2. The highest BCUT2D eigenvalue weighted by Crippen LogP contribution is 2.11. The normalized spacial score (nSPS) is 27.2. The molecule has 1 rings (SSSR count). The average Bonchev–Trinajstić information content (AvgIpc) is 2.08. The zero-order valence-electron chi connectivity index (χ0n) is 10.3. The standard InChI is InChI=1S/C12H24N2O/c1-8(2)5-10-7-13-11(6-9(3)4)12(15)14-10/h8-11,13H,5-7H2,1-4H3,(H,14,15). The Balaban J connectivity index is 2.37. The van der Waals surface area contributed by atoms with Crippen LogP contribution in [0.15, 0.2) is 0 Å². The van der Waals surface area contributed by atoms with Crippen LogP contribution in [0.3, 0.4) is 0 Å². The van der Waals surface area contributed by atoms with E-state index in [1.807, 2.05) is 0 Å². The predicted molar refractivity (Wildman–Crippen MR) is 62.6 cm³/mol. The second-order valence-corrected chi connectivity index (χ2v) is 5.43. The first-order chi connectivity index (χ1) is 6.99. The molecule has 3 heteroatoms. The number of rotatable bonds is 4. The predicted octanol–water partition coefficient (Wildman–Crippen LogP) is 1.54. The summed E-state index contributed by atoms with van der Waals surface area (Å²) in [6.07, 6.45) is 1.99. The van der Waals surface area contributed by atoms with Crippen LogP contribution in [0, 0.1) is 11.8 Å². The molecule has 0 radical (unpaired) electrons. The van der Waals surface area contributed by atoms with Crippen molar-refractivity contribution in [3.05, 3.63) is 0 Å². The minimum atomic E-state index is 0.0217. The lowest BCUT2D eigenvalue weighted by atomic mass is 9.97. The first-order valence-electron chi connectivity index (χ1n) is 6.02. The van der Waals surface area contributed by atoms with Gasteiger partial charge in [0.2, 0.25) is 5.91 Å². The number of carbonyl (C=O) groups excluding carboxylic acids is 1. The van der Waals surface area contributed by atoms with E-state index in [1.54, 1.807) is 0 Å². The van der Waals surface area contributed by atoms with Gasteiger partial charge in [0.05, 0.1) is 6.04 Å². The lowest BCUT2D eigenvalue weighted by Crippen LogP contribution is -2.58. The van der Waals surface area contributed by atoms with Crippen LogP contribution >= 0.6 is 0 Å². The van der Waals surface area contributed by atoms with Crippen molar-refractivity contribution >= 4 is 5.91 Å². The quantitative estimate of drug-likeness (QED) is 0.742. The van der Waals surface area contributed by atoms with E-state index in [4.69, 9.17) is 0 Å². The summed E-state index contributed by atoms with van der Waals surface area (Å²) in [7, 11) is 0. The summed E-state index contributed by atoms with van der Waals surface area (Å²) < 4.78 is 0. The molecule has 1 amide bonds. The van der Waals surface area contributed by atoms with E-state index in [-0.39, 0.29) is 11.9 Å². The van der Waals surface area contributed by atoms with Gasteiger partial charge in [-0.15, -0.1) is 0 Å². The highest BCUT2D eigenvalue weighted by atomic mass is 16.2. The van der Waals surface area contributed by atoms with Gasteiger partial charge in [0.25, 0.3) is 0 Å². The number of carbonyl (C=O) groups is 1. The SMILES string of the molecule is CC(C)CC1CNC(CC(C)C)C(=O)N1. The van der Waals surface area contributed by atoms with Gasteiger partial charge < -0.3 is 10.6 Å². The number of nitrogens with one attached hydrogen (secondary N) is 2. The fraction of sp³-hybridized carbons (Fsp3) is 0.917. The van der Waals surface area contributed by atoms with Gasteiger partial charge in [-0.2, -0.15) is 0 Å². The van der Waals surface area contributed by atoms with E-state index in [1.165, 1.54) is 0 Å². The highest BCUT2D eigenvalue weighted by molar-refractivity contribution is 5.82. The maximum absolute atomic E-state index is 11.7. The third-order valence-corrected chi connectivity index (χ3v) is 2.74. The van der Waals surface area contributed by atoms with E-state index in [9.17, 15) is 4.79 Å². The summed E-state index contributed by atoms with van der Waals surface area (Å²) in [5.74, 6) is 1.38. The summed E-state index contributed by atoms with van der Waals surface area (Å²) >= 11 is 0. The summed E-state index contributed by atoms with van der Waals surface area (Å²) in [4.78, 5) is 11.7. The van der Waals surface area contributed by atoms with Gasteiger partial charge in [0.1, 0.15) is 0 Å². The number of piperazine rings is 1. The van der Waals surface area contributed by atoms with Crippen LogP contribution in [0.5, 0.6) is 0 Å². The minimum absolute atomic E-state index is 0.0217. The van der Waals surface area contributed by atoms with Crippen molar-refractivity contribution in [2.45, 2.75) is 52.6 Å². The average molecular weight is 212 g/mol. The molecule has 3 nitrogen and oxygen atoms in total. The van der Waals surface area contributed by atoms with Gasteiger partial charge in [-0.25, -0.2) is 0 Å². The molecule has 0 saturated carbocycles. The van der Waals surface area contributed by atoms with Crippen LogP contribution in [0.25, 0.3) is 0 Å². The Bertz CT molecular complexity index is 214. The van der Waals surface area contributed by atoms with E-state index < -0.39 is 0 Å². The van der Waals surface area contributed by atoms with Crippen molar-refractivity contribution < 1.29 is 4.79 Å². The molecular formula is C12H24N2O. The summed E-state index contributed by atoms with van der Waals surface area (Å²) in [6, 6.07) is 0.342. The lowest BCUT2D eigenvalue weighted by molar-refractivity contribution is -0.126. The van der Waals surface area contributed by atoms with Crippen molar-refractivity contribution in [3.63, 3.8) is 0 Å². The Kier molecular flexibility index (Phi) is 4.58. The monoisotopic (exact) mass is 212 g/mol. The van der Waals surface area contributed by atoms with Crippen molar-refractivity contribution in [1.29, 1.82) is 0 Å². The van der Waals surface area contributed by atoms with Gasteiger partial charge in [-0.05, 0) is 24.7 Å². The second-order valence-electron chi connectivity index (χ2n) is 5.43. The van der Waals surface area contributed by atoms with Gasteiger partial charge in [-0.3, -0.25) is 4.79 Å². The summed E-state index contributed by atoms with van der Waals surface area (Å²) in [5.41, 5.74) is 0. The number of hydrogen-bond acceptors (Lipinski definition) is 2. The Labute approximate surface area is 93.0 Å². The molecule has 2 N–H and O–H groups in total. The zero-order chi connectivity index (χ0) is 11.4. The molecular weight excluding hydrogens is 188 g/mol. The van der Waals surface area contributed by atoms with Gasteiger partial charge >= 0.3 is 0 Å². The molecule has 1 aliphatic rings. The van der Waals surface area contributed by atoms with E-state index >= 15 is 0 Å². The molecule has 0 aliphatic carbocycles. The lowest BCUT2D eigenvalue weighted by Gasteiger charge is -2.32. The largest absolute Gasteiger partial charge is 0.351 e. The summed E-state index contributed by atoms with van der Waals surface area (Å²) in [5, 5.41) is 6.45. The molecule has 2 atom stereocenters. The molecule has 1 saturated heterocycles. The zero-order valence-corrected chi connectivity index (χ0v) is 10.3. The highest BCUT2D eigenvalue weighted by Gasteiger charge is 2.27.